The van der Waals surface area contributed by atoms with Crippen molar-refractivity contribution in [2.24, 2.45) is 0 Å². The van der Waals surface area contributed by atoms with Crippen molar-refractivity contribution < 1.29 is 5.11 Å². The Balaban J connectivity index is 2.82. The fourth-order valence-electron chi connectivity index (χ4n) is 1.04. The molecule has 0 radical (unpaired) electrons. The standard InChI is InChI=1S/C9H11NOS2/c11-7-6-10(9(12)13)8-4-2-1-3-5-8/h1-5,11H,6-7H2,(H,12,13). The summed E-state index contributed by atoms with van der Waals surface area (Å²) in [6, 6.07) is 9.63. The number of aliphatic hydroxyl groups excluding tert-OH is 1. The van der Waals surface area contributed by atoms with E-state index in [0.29, 0.717) is 10.9 Å². The van der Waals surface area contributed by atoms with Crippen LogP contribution in [0.5, 0.6) is 0 Å². The highest BCUT2D eigenvalue weighted by molar-refractivity contribution is 8.11. The van der Waals surface area contributed by atoms with Crippen LogP contribution in [0.15, 0.2) is 30.3 Å². The molecule has 13 heavy (non-hydrogen) atoms. The molecule has 0 bridgehead atoms. The predicted molar refractivity (Wildman–Crippen MR) is 62.5 cm³/mol. The maximum absolute atomic E-state index is 8.81. The third-order valence-electron chi connectivity index (χ3n) is 1.62. The van der Waals surface area contributed by atoms with Crippen LogP contribution in [0.4, 0.5) is 5.69 Å². The van der Waals surface area contributed by atoms with E-state index in [1.807, 2.05) is 30.3 Å². The van der Waals surface area contributed by atoms with Gasteiger partial charge in [-0.25, -0.2) is 0 Å². The first kappa shape index (κ1) is 10.5. The lowest BCUT2D eigenvalue weighted by Crippen LogP contribution is -2.28. The molecule has 0 saturated heterocycles. The summed E-state index contributed by atoms with van der Waals surface area (Å²) in [5.74, 6) is 0. The van der Waals surface area contributed by atoms with Gasteiger partial charge in [0.15, 0.2) is 0 Å². The van der Waals surface area contributed by atoms with E-state index in [1.165, 1.54) is 0 Å². The number of thiocarbonyl (C=S) groups is 1. The topological polar surface area (TPSA) is 23.5 Å². The molecule has 70 valence electrons. The molecule has 1 aromatic rings. The molecule has 1 aromatic carbocycles. The first-order valence-electron chi connectivity index (χ1n) is 3.92. The Hall–Kier alpha value is -0.580. The molecule has 0 fully saturated rings. The summed E-state index contributed by atoms with van der Waals surface area (Å²) in [6.07, 6.45) is 0. The molecular weight excluding hydrogens is 202 g/mol. The Morgan fingerprint density at radius 3 is 2.46 bits per heavy atom. The van der Waals surface area contributed by atoms with Crippen molar-refractivity contribution in [3.05, 3.63) is 30.3 Å². The highest BCUT2D eigenvalue weighted by Gasteiger charge is 2.06. The molecule has 4 heteroatoms. The molecule has 0 atom stereocenters. The van der Waals surface area contributed by atoms with Crippen LogP contribution in [0.2, 0.25) is 0 Å². The van der Waals surface area contributed by atoms with Gasteiger partial charge < -0.3 is 10.0 Å². The average Bonchev–Trinajstić information content (AvgIpc) is 2.15. The maximum atomic E-state index is 8.81. The highest BCUT2D eigenvalue weighted by atomic mass is 32.1. The first-order chi connectivity index (χ1) is 6.25. The Morgan fingerprint density at radius 1 is 1.38 bits per heavy atom. The third kappa shape index (κ3) is 2.99. The molecule has 0 saturated carbocycles. The Morgan fingerprint density at radius 2 is 2.00 bits per heavy atom. The number of thiol groups is 1. The van der Waals surface area contributed by atoms with Crippen LogP contribution in [0.1, 0.15) is 0 Å². The summed E-state index contributed by atoms with van der Waals surface area (Å²) in [5.41, 5.74) is 0.955. The minimum absolute atomic E-state index is 0.0651. The van der Waals surface area contributed by atoms with Crippen molar-refractivity contribution in [2.45, 2.75) is 0 Å². The fourth-order valence-corrected chi connectivity index (χ4v) is 1.46. The van der Waals surface area contributed by atoms with Crippen LogP contribution in [0.25, 0.3) is 0 Å². The van der Waals surface area contributed by atoms with E-state index in [-0.39, 0.29) is 6.61 Å². The van der Waals surface area contributed by atoms with Gasteiger partial charge in [0.25, 0.3) is 0 Å². The van der Waals surface area contributed by atoms with E-state index in [0.717, 1.165) is 5.69 Å². The lowest BCUT2D eigenvalue weighted by Gasteiger charge is -2.21. The van der Waals surface area contributed by atoms with Crippen LogP contribution in [0.3, 0.4) is 0 Å². The molecule has 2 nitrogen and oxygen atoms in total. The number of anilines is 1. The zero-order valence-corrected chi connectivity index (χ0v) is 8.76. The molecule has 1 rings (SSSR count). The lowest BCUT2D eigenvalue weighted by atomic mass is 10.3. The summed E-state index contributed by atoms with van der Waals surface area (Å²) >= 11 is 9.03. The number of benzene rings is 1. The van der Waals surface area contributed by atoms with Gasteiger partial charge in [0, 0.05) is 12.2 Å². The average molecular weight is 213 g/mol. The second-order valence-electron chi connectivity index (χ2n) is 2.49. The lowest BCUT2D eigenvalue weighted by molar-refractivity contribution is 0.307. The Bertz CT molecular complexity index is 276. The molecule has 0 aliphatic carbocycles. The molecular formula is C9H11NOS2. The SMILES string of the molecule is OCCN(C(=S)S)c1ccccc1. The first-order valence-corrected chi connectivity index (χ1v) is 4.77. The zero-order valence-electron chi connectivity index (χ0n) is 7.05. The Kier molecular flexibility index (Phi) is 4.21. The van der Waals surface area contributed by atoms with Crippen LogP contribution < -0.4 is 4.90 Å². The highest BCUT2D eigenvalue weighted by Crippen LogP contribution is 2.14. The molecule has 0 heterocycles. The summed E-state index contributed by atoms with van der Waals surface area (Å²) in [6.45, 7) is 0.544. The third-order valence-corrected chi connectivity index (χ3v) is 2.08. The van der Waals surface area contributed by atoms with Crippen molar-refractivity contribution in [3.8, 4) is 0 Å². The van der Waals surface area contributed by atoms with Gasteiger partial charge in [-0.05, 0) is 12.1 Å². The van der Waals surface area contributed by atoms with Gasteiger partial charge in [0.1, 0.15) is 4.32 Å². The van der Waals surface area contributed by atoms with E-state index in [9.17, 15) is 0 Å². The van der Waals surface area contributed by atoms with Crippen LogP contribution in [-0.2, 0) is 0 Å². The van der Waals surface area contributed by atoms with Crippen LogP contribution in [-0.4, -0.2) is 22.6 Å². The van der Waals surface area contributed by atoms with E-state index >= 15 is 0 Å². The fraction of sp³-hybridized carbons (Fsp3) is 0.222. The van der Waals surface area contributed by atoms with Crippen molar-refractivity contribution in [2.75, 3.05) is 18.1 Å². The minimum atomic E-state index is 0.0651. The molecule has 0 aliphatic rings. The van der Waals surface area contributed by atoms with Gasteiger partial charge in [-0.2, -0.15) is 0 Å². The summed E-state index contributed by atoms with van der Waals surface area (Å²) in [4.78, 5) is 1.78. The van der Waals surface area contributed by atoms with Crippen molar-refractivity contribution >= 4 is 34.9 Å². The van der Waals surface area contributed by atoms with Gasteiger partial charge in [-0.3, -0.25) is 0 Å². The van der Waals surface area contributed by atoms with Gasteiger partial charge >= 0.3 is 0 Å². The van der Waals surface area contributed by atoms with Gasteiger partial charge in [-0.15, -0.1) is 12.6 Å². The summed E-state index contributed by atoms with van der Waals surface area (Å²) in [7, 11) is 0. The second-order valence-corrected chi connectivity index (χ2v) is 3.61. The van der Waals surface area contributed by atoms with Gasteiger partial charge in [0.05, 0.1) is 6.61 Å². The molecule has 0 amide bonds. The smallest absolute Gasteiger partial charge is 0.137 e. The molecule has 0 spiro atoms. The van der Waals surface area contributed by atoms with Crippen LogP contribution in [0, 0.1) is 0 Å². The van der Waals surface area contributed by atoms with Crippen molar-refractivity contribution in [3.63, 3.8) is 0 Å². The largest absolute Gasteiger partial charge is 0.395 e. The normalized spacial score (nSPS) is 9.69. The monoisotopic (exact) mass is 213 g/mol. The number of nitrogens with zero attached hydrogens (tertiary/aromatic N) is 1. The number of hydrogen-bond acceptors (Lipinski definition) is 2. The van der Waals surface area contributed by atoms with E-state index in [1.54, 1.807) is 4.90 Å². The van der Waals surface area contributed by atoms with Gasteiger partial charge in [0.2, 0.25) is 0 Å². The minimum Gasteiger partial charge on any atom is -0.395 e. The van der Waals surface area contributed by atoms with E-state index in [4.69, 9.17) is 17.3 Å². The molecule has 1 N–H and O–H groups in total. The zero-order chi connectivity index (χ0) is 9.68. The Labute approximate surface area is 88.6 Å². The summed E-state index contributed by atoms with van der Waals surface area (Å²) in [5, 5.41) is 8.81. The number of aliphatic hydroxyl groups is 1. The predicted octanol–water partition coefficient (Wildman–Crippen LogP) is 1.70. The number of rotatable bonds is 3. The second kappa shape index (κ2) is 5.21. The summed E-state index contributed by atoms with van der Waals surface area (Å²) < 4.78 is 0.472. The number of hydrogen-bond donors (Lipinski definition) is 2. The molecule has 0 aliphatic heterocycles. The van der Waals surface area contributed by atoms with Gasteiger partial charge in [-0.1, -0.05) is 30.4 Å². The molecule has 0 unspecified atom stereocenters. The molecule has 0 aromatic heterocycles. The number of para-hydroxylation sites is 1. The van der Waals surface area contributed by atoms with Crippen molar-refractivity contribution in [1.82, 2.24) is 0 Å². The van der Waals surface area contributed by atoms with Crippen molar-refractivity contribution in [1.29, 1.82) is 0 Å². The van der Waals surface area contributed by atoms with E-state index < -0.39 is 0 Å². The maximum Gasteiger partial charge on any atom is 0.137 e. The van der Waals surface area contributed by atoms with E-state index in [2.05, 4.69) is 12.6 Å². The quantitative estimate of drug-likeness (QED) is 0.590. The van der Waals surface area contributed by atoms with Crippen LogP contribution >= 0.6 is 24.8 Å².